The first kappa shape index (κ1) is 77.8. The third-order valence-corrected chi connectivity index (χ3v) is 13.9. The topological polar surface area (TPSA) is 277 Å². The highest BCUT2D eigenvalue weighted by molar-refractivity contribution is 6.40. The van der Waals surface area contributed by atoms with Gasteiger partial charge in [0, 0.05) is 137 Å². The van der Waals surface area contributed by atoms with Crippen LogP contribution in [0.3, 0.4) is 0 Å². The first-order chi connectivity index (χ1) is 39.9. The molecule has 27 heteroatoms. The highest BCUT2D eigenvalue weighted by Gasteiger charge is 2.34. The molecule has 85 heavy (non-hydrogen) atoms. The lowest BCUT2D eigenvalue weighted by Crippen LogP contribution is -2.52. The molecule has 1 aliphatic heterocycles. The molecule has 0 spiro atoms. The molecule has 1 saturated heterocycles. The molecule has 0 saturated carbocycles. The van der Waals surface area contributed by atoms with Crippen molar-refractivity contribution in [2.75, 3.05) is 214 Å². The van der Waals surface area contributed by atoms with Gasteiger partial charge in [0.25, 0.3) is 11.8 Å². The number of nitrogens with one attached hydrogen (secondary N) is 5. The molecule has 27 nitrogen and oxygen atoms in total. The van der Waals surface area contributed by atoms with Gasteiger partial charge in [-0.3, -0.25) is 38.7 Å². The summed E-state index contributed by atoms with van der Waals surface area (Å²) in [4.78, 5) is 137. The zero-order chi connectivity index (χ0) is 64.1. The van der Waals surface area contributed by atoms with Gasteiger partial charge in [0.1, 0.15) is 35.5 Å². The van der Waals surface area contributed by atoms with Crippen LogP contribution >= 0.6 is 0 Å². The SMILES string of the molecule is CN(CCNC(=O)OC(C)(C)C)CCN(C)CCN(C)CC(=O)/N=C(\CCCCNC(=O)CN(C)CCN(C)CCN(C)CCNC(=O)OC(C)(C)C)C(=O)NCCN(C)CCN(C)CCN(C)CC(=O)NC(CC=O)C(=O)N1CCCC1C=O. The van der Waals surface area contributed by atoms with Crippen LogP contribution in [-0.4, -0.2) is 346 Å². The van der Waals surface area contributed by atoms with Gasteiger partial charge in [-0.15, -0.1) is 0 Å². The quantitative estimate of drug-likeness (QED) is 0.0280. The average molecular weight is 1210 g/mol. The highest BCUT2D eigenvalue weighted by Crippen LogP contribution is 2.17. The Kier molecular flexibility index (Phi) is 38.9. The summed E-state index contributed by atoms with van der Waals surface area (Å²) < 4.78 is 10.6. The van der Waals surface area contributed by atoms with Crippen molar-refractivity contribution in [1.29, 1.82) is 0 Å². The lowest BCUT2D eigenvalue weighted by Gasteiger charge is -2.27. The van der Waals surface area contributed by atoms with Crippen molar-refractivity contribution >= 4 is 60.0 Å². The third kappa shape index (κ3) is 39.9. The number of carbonyl (C=O) groups is 9. The number of hydrogen-bond donors (Lipinski definition) is 5. The van der Waals surface area contributed by atoms with Crippen LogP contribution in [0.15, 0.2) is 4.99 Å². The first-order valence-corrected chi connectivity index (χ1v) is 30.1. The predicted molar refractivity (Wildman–Crippen MR) is 332 cm³/mol. The number of likely N-dealkylation sites (tertiary alicyclic amines) is 1. The van der Waals surface area contributed by atoms with Gasteiger partial charge in [-0.2, -0.15) is 0 Å². The molecule has 5 N–H and O–H groups in total. The van der Waals surface area contributed by atoms with Gasteiger partial charge < -0.3 is 79.9 Å². The molecular weight excluding hydrogens is 1100 g/mol. The number of unbranched alkanes of at least 4 members (excludes halogenated alkanes) is 1. The van der Waals surface area contributed by atoms with E-state index < -0.39 is 53.2 Å². The molecule has 0 aromatic rings. The van der Waals surface area contributed by atoms with Crippen molar-refractivity contribution in [1.82, 2.24) is 75.6 Å². The van der Waals surface area contributed by atoms with Crippen molar-refractivity contribution in [3.05, 3.63) is 0 Å². The van der Waals surface area contributed by atoms with E-state index in [1.807, 2.05) is 113 Å². The molecule has 0 aromatic heterocycles. The minimum Gasteiger partial charge on any atom is -0.444 e. The summed E-state index contributed by atoms with van der Waals surface area (Å²) >= 11 is 0. The van der Waals surface area contributed by atoms with E-state index in [1.165, 1.54) is 4.90 Å². The maximum atomic E-state index is 13.7. The van der Waals surface area contributed by atoms with Gasteiger partial charge in [-0.05, 0) is 137 Å². The molecule has 2 atom stereocenters. The van der Waals surface area contributed by atoms with E-state index in [1.54, 1.807) is 7.05 Å². The van der Waals surface area contributed by atoms with Gasteiger partial charge in [0.15, 0.2) is 0 Å². The molecule has 1 fully saturated rings. The molecule has 0 radical (unpaired) electrons. The highest BCUT2D eigenvalue weighted by atomic mass is 16.6. The van der Waals surface area contributed by atoms with E-state index in [4.69, 9.17) is 9.47 Å². The molecule has 490 valence electrons. The van der Waals surface area contributed by atoms with Gasteiger partial charge in [-0.25, -0.2) is 14.6 Å². The van der Waals surface area contributed by atoms with Crippen molar-refractivity contribution in [3.8, 4) is 0 Å². The van der Waals surface area contributed by atoms with E-state index in [0.717, 1.165) is 39.0 Å². The van der Waals surface area contributed by atoms with Crippen molar-refractivity contribution < 1.29 is 52.6 Å². The number of aliphatic imine (C=N–C) groups is 1. The van der Waals surface area contributed by atoms with Crippen molar-refractivity contribution in [3.63, 3.8) is 0 Å². The van der Waals surface area contributed by atoms with Crippen LogP contribution in [0.5, 0.6) is 0 Å². The summed E-state index contributed by atoms with van der Waals surface area (Å²) in [6, 6.07) is -1.56. The number of aldehydes is 2. The van der Waals surface area contributed by atoms with Gasteiger partial charge >= 0.3 is 12.2 Å². The Morgan fingerprint density at radius 2 is 0.918 bits per heavy atom. The Bertz CT molecular complexity index is 2040. The minimum absolute atomic E-state index is 0.0212. The largest absolute Gasteiger partial charge is 0.444 e. The number of likely N-dealkylation sites (N-methyl/N-ethyl adjacent to an activating group) is 9. The number of ether oxygens (including phenoxy) is 2. The van der Waals surface area contributed by atoms with Gasteiger partial charge in [0.2, 0.25) is 17.7 Å². The fourth-order valence-corrected chi connectivity index (χ4v) is 8.54. The van der Waals surface area contributed by atoms with Crippen LogP contribution in [0.25, 0.3) is 0 Å². The lowest BCUT2D eigenvalue weighted by molar-refractivity contribution is -0.139. The van der Waals surface area contributed by atoms with E-state index >= 15 is 0 Å². The maximum Gasteiger partial charge on any atom is 0.407 e. The summed E-state index contributed by atoms with van der Waals surface area (Å²) in [6.07, 6.45) is 2.88. The van der Waals surface area contributed by atoms with Crippen LogP contribution < -0.4 is 26.6 Å². The van der Waals surface area contributed by atoms with Crippen LogP contribution in [-0.2, 0) is 43.0 Å². The Balaban J connectivity index is 2.71. The Morgan fingerprint density at radius 1 is 0.518 bits per heavy atom. The third-order valence-electron chi connectivity index (χ3n) is 13.9. The predicted octanol–water partition coefficient (Wildman–Crippen LogP) is -0.944. The first-order valence-electron chi connectivity index (χ1n) is 30.1. The van der Waals surface area contributed by atoms with Crippen molar-refractivity contribution in [2.24, 2.45) is 4.99 Å². The summed E-state index contributed by atoms with van der Waals surface area (Å²) in [5.74, 6) is -1.76. The van der Waals surface area contributed by atoms with Crippen LogP contribution in [0.4, 0.5) is 9.59 Å². The second-order valence-electron chi connectivity index (χ2n) is 24.8. The van der Waals surface area contributed by atoms with E-state index in [2.05, 4.69) is 61.0 Å². The second kappa shape index (κ2) is 42.6. The minimum atomic E-state index is -1.02. The van der Waals surface area contributed by atoms with Crippen LogP contribution in [0, 0.1) is 0 Å². The second-order valence-corrected chi connectivity index (χ2v) is 24.8. The van der Waals surface area contributed by atoms with Gasteiger partial charge in [-0.1, -0.05) is 0 Å². The molecule has 0 aliphatic carbocycles. The van der Waals surface area contributed by atoms with Crippen molar-refractivity contribution in [2.45, 2.75) is 103 Å². The number of rotatable bonds is 44. The Hall–Kier alpha value is -5.26. The molecule has 1 heterocycles. The summed E-state index contributed by atoms with van der Waals surface area (Å²) in [5.41, 5.74) is -0.960. The monoisotopic (exact) mass is 1210 g/mol. The smallest absolute Gasteiger partial charge is 0.407 e. The zero-order valence-corrected chi connectivity index (χ0v) is 54.7. The summed E-state index contributed by atoms with van der Waals surface area (Å²) in [7, 11) is 17.5. The lowest BCUT2D eigenvalue weighted by atomic mass is 10.1. The summed E-state index contributed by atoms with van der Waals surface area (Å²) in [5, 5.41) is 14.2. The molecule has 0 bridgehead atoms. The van der Waals surface area contributed by atoms with Crippen LogP contribution in [0.2, 0.25) is 0 Å². The fourth-order valence-electron chi connectivity index (χ4n) is 8.54. The number of amides is 7. The van der Waals surface area contributed by atoms with E-state index in [0.29, 0.717) is 130 Å². The molecular formula is C58H112N16O11. The summed E-state index contributed by atoms with van der Waals surface area (Å²) in [6.45, 7) is 23.7. The molecule has 0 aromatic carbocycles. The Morgan fingerprint density at radius 3 is 1.34 bits per heavy atom. The number of hydrogen-bond acceptors (Lipinski definition) is 20. The maximum absolute atomic E-state index is 13.7. The molecule has 1 aliphatic rings. The fraction of sp³-hybridized carbons (Fsp3) is 0.828. The zero-order valence-electron chi connectivity index (χ0n) is 54.7. The molecule has 2 unspecified atom stereocenters. The molecule has 7 amide bonds. The standard InChI is InChI=1S/C58H112N16O11/c1-57(2,3)84-55(82)61-24-28-66(8)31-34-68(10)36-39-71(13)43-50(77)59-22-17-16-20-48(63-51(78)44-72(14)40-37-70(12)35-32-67(9)29-25-62-56(83)85-58(4,5)6)53(80)60-23-27-65(7)30-33-69(11)38-41-73(15)45-52(79)64-49(21-42-75)54(81)74-26-18-19-47(74)46-76/h42,46-47,49H,16-41,43-45H2,1-15H3,(H,59,77)(H,60,80)(H,61,82)(H,62,83)(H,64,79)/b63-48+. The Labute approximate surface area is 508 Å². The number of alkyl carbamates (subject to hydrolysis) is 2. The van der Waals surface area contributed by atoms with E-state index in [9.17, 15) is 43.2 Å². The van der Waals surface area contributed by atoms with E-state index in [-0.39, 0.29) is 50.0 Å². The molecule has 1 rings (SSSR count). The van der Waals surface area contributed by atoms with Crippen LogP contribution in [0.1, 0.15) is 80.1 Å². The number of carbonyl (C=O) groups excluding carboxylic acids is 9. The average Bonchev–Trinajstić information content (AvgIpc) is 3.96. The number of nitrogens with zero attached hydrogens (tertiary/aromatic N) is 11. The van der Waals surface area contributed by atoms with Gasteiger partial charge in [0.05, 0.1) is 25.7 Å². The normalized spacial score (nSPS) is 14.5.